The second-order valence-electron chi connectivity index (χ2n) is 6.79. The zero-order valence-corrected chi connectivity index (χ0v) is 18.1. The average molecular weight is 452 g/mol. The van der Waals surface area contributed by atoms with Gasteiger partial charge in [0.25, 0.3) is 15.9 Å². The smallest absolute Gasteiger partial charge is 0.337 e. The summed E-state index contributed by atoms with van der Waals surface area (Å²) in [6, 6.07) is 17.7. The Balaban J connectivity index is 1.70. The highest BCUT2D eigenvalue weighted by molar-refractivity contribution is 7.92. The Kier molecular flexibility index (Phi) is 6.70. The summed E-state index contributed by atoms with van der Waals surface area (Å²) in [6.45, 7) is 1.40. The van der Waals surface area contributed by atoms with Crippen molar-refractivity contribution in [2.75, 3.05) is 17.1 Å². The highest BCUT2D eigenvalue weighted by Gasteiger charge is 2.15. The lowest BCUT2D eigenvalue weighted by Crippen LogP contribution is -2.14. The molecule has 0 unspecified atom stereocenters. The van der Waals surface area contributed by atoms with Crippen molar-refractivity contribution in [3.63, 3.8) is 0 Å². The Morgan fingerprint density at radius 2 is 1.41 bits per heavy atom. The number of rotatable bonds is 7. The Morgan fingerprint density at radius 3 is 2.00 bits per heavy atom. The van der Waals surface area contributed by atoms with Gasteiger partial charge in [-0.15, -0.1) is 0 Å². The number of anilines is 2. The summed E-state index contributed by atoms with van der Waals surface area (Å²) in [6.07, 6.45) is 0. The van der Waals surface area contributed by atoms with Crippen molar-refractivity contribution in [2.24, 2.45) is 0 Å². The SMILES string of the molecule is COC(=O)c1cccc(NC(=O)c2ccc(NS(=O)(=O)c3ccc(C(C)=O)cc3)cc2)c1. The minimum Gasteiger partial charge on any atom is -0.465 e. The standard InChI is InChI=1S/C23H20N2O6S/c1-15(26)16-8-12-21(13-9-16)32(29,30)25-19-10-6-17(7-11-19)22(27)24-20-5-3-4-18(14-20)23(28)31-2/h3-14,25H,1-2H3,(H,24,27). The molecular formula is C23H20N2O6S. The van der Waals surface area contributed by atoms with Crippen LogP contribution in [0.15, 0.2) is 77.7 Å². The van der Waals surface area contributed by atoms with Gasteiger partial charge < -0.3 is 10.1 Å². The number of hydrogen-bond acceptors (Lipinski definition) is 6. The number of nitrogens with one attached hydrogen (secondary N) is 2. The monoisotopic (exact) mass is 452 g/mol. The van der Waals surface area contributed by atoms with Crippen molar-refractivity contribution in [3.05, 3.63) is 89.5 Å². The molecule has 0 aromatic heterocycles. The first-order valence-corrected chi connectivity index (χ1v) is 10.9. The van der Waals surface area contributed by atoms with Gasteiger partial charge >= 0.3 is 5.97 Å². The van der Waals surface area contributed by atoms with E-state index in [9.17, 15) is 22.8 Å². The van der Waals surface area contributed by atoms with Gasteiger partial charge in [0.15, 0.2) is 5.78 Å². The number of carbonyl (C=O) groups excluding carboxylic acids is 3. The average Bonchev–Trinajstić information content (AvgIpc) is 2.79. The number of benzene rings is 3. The lowest BCUT2D eigenvalue weighted by molar-refractivity contribution is 0.0600. The molecule has 1 amide bonds. The van der Waals surface area contributed by atoms with Crippen LogP contribution in [0, 0.1) is 0 Å². The van der Waals surface area contributed by atoms with Gasteiger partial charge in [-0.25, -0.2) is 13.2 Å². The predicted molar refractivity (Wildman–Crippen MR) is 119 cm³/mol. The molecule has 0 radical (unpaired) electrons. The zero-order chi connectivity index (χ0) is 23.3. The van der Waals surface area contributed by atoms with Gasteiger partial charge in [0.2, 0.25) is 0 Å². The van der Waals surface area contributed by atoms with Gasteiger partial charge in [0.05, 0.1) is 17.6 Å². The number of carbonyl (C=O) groups is 3. The Morgan fingerprint density at radius 1 is 0.781 bits per heavy atom. The zero-order valence-electron chi connectivity index (χ0n) is 17.3. The largest absolute Gasteiger partial charge is 0.465 e. The Labute approximate surface area is 185 Å². The number of ether oxygens (including phenoxy) is 1. The summed E-state index contributed by atoms with van der Waals surface area (Å²) in [5.74, 6) is -1.11. The predicted octanol–water partition coefficient (Wildman–Crippen LogP) is 3.73. The molecule has 2 N–H and O–H groups in total. The van der Waals surface area contributed by atoms with Gasteiger partial charge in [-0.05, 0) is 61.5 Å². The van der Waals surface area contributed by atoms with Gasteiger partial charge in [-0.3, -0.25) is 14.3 Å². The minimum absolute atomic E-state index is 0.00908. The number of sulfonamides is 1. The van der Waals surface area contributed by atoms with E-state index in [-0.39, 0.29) is 16.4 Å². The molecule has 0 aliphatic carbocycles. The molecule has 164 valence electrons. The van der Waals surface area contributed by atoms with Crippen LogP contribution in [-0.4, -0.2) is 33.2 Å². The summed E-state index contributed by atoms with van der Waals surface area (Å²) in [5, 5.41) is 2.67. The maximum Gasteiger partial charge on any atom is 0.337 e. The second kappa shape index (κ2) is 9.44. The molecule has 0 bridgehead atoms. The Bertz CT molecular complexity index is 1270. The van der Waals surface area contributed by atoms with E-state index in [1.807, 2.05) is 0 Å². The van der Waals surface area contributed by atoms with Crippen LogP contribution in [-0.2, 0) is 14.8 Å². The molecule has 0 atom stereocenters. The van der Waals surface area contributed by atoms with Gasteiger partial charge in [0, 0.05) is 22.5 Å². The molecule has 3 aromatic rings. The highest BCUT2D eigenvalue weighted by atomic mass is 32.2. The first-order chi connectivity index (χ1) is 15.2. The Hall–Kier alpha value is -3.98. The van der Waals surface area contributed by atoms with Crippen molar-refractivity contribution in [3.8, 4) is 0 Å². The summed E-state index contributed by atoms with van der Waals surface area (Å²) < 4.78 is 32.2. The molecule has 0 saturated heterocycles. The van der Waals surface area contributed by atoms with E-state index in [0.717, 1.165) is 0 Å². The lowest BCUT2D eigenvalue weighted by Gasteiger charge is -2.10. The number of Topliss-reactive ketones (excluding diaryl/α,β-unsaturated/α-hetero) is 1. The lowest BCUT2D eigenvalue weighted by atomic mass is 10.1. The molecule has 0 fully saturated rings. The van der Waals surface area contributed by atoms with E-state index in [1.54, 1.807) is 18.2 Å². The van der Waals surface area contributed by atoms with E-state index in [0.29, 0.717) is 22.4 Å². The third kappa shape index (κ3) is 5.38. The van der Waals surface area contributed by atoms with E-state index in [2.05, 4.69) is 14.8 Å². The van der Waals surface area contributed by atoms with Crippen LogP contribution >= 0.6 is 0 Å². The van der Waals surface area contributed by atoms with Crippen LogP contribution in [0.25, 0.3) is 0 Å². The first-order valence-electron chi connectivity index (χ1n) is 9.43. The summed E-state index contributed by atoms with van der Waals surface area (Å²) >= 11 is 0. The van der Waals surface area contributed by atoms with Crippen LogP contribution in [0.2, 0.25) is 0 Å². The number of esters is 1. The molecule has 8 nitrogen and oxygen atoms in total. The normalized spacial score (nSPS) is 10.8. The van der Waals surface area contributed by atoms with Crippen LogP contribution < -0.4 is 10.0 Å². The maximum absolute atomic E-state index is 12.5. The molecular weight excluding hydrogens is 432 g/mol. The molecule has 3 rings (SSSR count). The van der Waals surface area contributed by atoms with Gasteiger partial charge in [-0.1, -0.05) is 18.2 Å². The third-order valence-corrected chi connectivity index (χ3v) is 5.91. The maximum atomic E-state index is 12.5. The second-order valence-corrected chi connectivity index (χ2v) is 8.47. The number of methoxy groups -OCH3 is 1. The third-order valence-electron chi connectivity index (χ3n) is 4.51. The highest BCUT2D eigenvalue weighted by Crippen LogP contribution is 2.19. The quantitative estimate of drug-likeness (QED) is 0.417. The molecule has 0 aliphatic heterocycles. The summed E-state index contributed by atoms with van der Waals surface area (Å²) in [5.41, 5.74) is 1.69. The van der Waals surface area contributed by atoms with Crippen LogP contribution in [0.4, 0.5) is 11.4 Å². The number of ketones is 1. The van der Waals surface area contributed by atoms with Crippen molar-refractivity contribution in [1.82, 2.24) is 0 Å². The fourth-order valence-electron chi connectivity index (χ4n) is 2.82. The van der Waals surface area contributed by atoms with Crippen molar-refractivity contribution >= 4 is 39.1 Å². The van der Waals surface area contributed by atoms with Crippen LogP contribution in [0.5, 0.6) is 0 Å². The summed E-state index contributed by atoms with van der Waals surface area (Å²) in [4.78, 5) is 35.4. The molecule has 0 heterocycles. The minimum atomic E-state index is -3.86. The van der Waals surface area contributed by atoms with E-state index in [4.69, 9.17) is 0 Å². The first kappa shape index (κ1) is 22.7. The van der Waals surface area contributed by atoms with Crippen LogP contribution in [0.3, 0.4) is 0 Å². The van der Waals surface area contributed by atoms with Crippen molar-refractivity contribution in [1.29, 1.82) is 0 Å². The van der Waals surface area contributed by atoms with Gasteiger partial charge in [-0.2, -0.15) is 0 Å². The van der Waals surface area contributed by atoms with Crippen molar-refractivity contribution in [2.45, 2.75) is 11.8 Å². The van der Waals surface area contributed by atoms with Crippen molar-refractivity contribution < 1.29 is 27.5 Å². The molecule has 0 aliphatic rings. The molecule has 32 heavy (non-hydrogen) atoms. The van der Waals surface area contributed by atoms with Gasteiger partial charge in [0.1, 0.15) is 0 Å². The van der Waals surface area contributed by atoms with Crippen LogP contribution in [0.1, 0.15) is 38.0 Å². The fourth-order valence-corrected chi connectivity index (χ4v) is 3.88. The molecule has 9 heteroatoms. The topological polar surface area (TPSA) is 119 Å². The van der Waals surface area contributed by atoms with E-state index in [1.165, 1.54) is 68.6 Å². The number of hydrogen-bond donors (Lipinski definition) is 2. The summed E-state index contributed by atoms with van der Waals surface area (Å²) in [7, 11) is -2.59. The van der Waals surface area contributed by atoms with E-state index < -0.39 is 21.9 Å². The number of amides is 1. The molecule has 0 saturated carbocycles. The fraction of sp³-hybridized carbons (Fsp3) is 0.0870. The molecule has 3 aromatic carbocycles. The molecule has 0 spiro atoms. The van der Waals surface area contributed by atoms with E-state index >= 15 is 0 Å².